The second-order valence-corrected chi connectivity index (χ2v) is 7.45. The fourth-order valence-corrected chi connectivity index (χ4v) is 2.68. The molecule has 0 aliphatic carbocycles. The van der Waals surface area contributed by atoms with E-state index < -0.39 is 0 Å². The van der Waals surface area contributed by atoms with E-state index in [-0.39, 0.29) is 25.5 Å². The first-order valence-corrected chi connectivity index (χ1v) is 9.36. The summed E-state index contributed by atoms with van der Waals surface area (Å²) in [6.07, 6.45) is 3.60. The number of rotatable bonds is 2. The van der Waals surface area contributed by atoms with Crippen molar-refractivity contribution in [3.63, 3.8) is 0 Å². The van der Waals surface area contributed by atoms with Crippen LogP contribution in [0, 0.1) is 12.1 Å². The smallest absolute Gasteiger partial charge is 0.0160 e. The maximum atomic E-state index is 4.34. The summed E-state index contributed by atoms with van der Waals surface area (Å²) in [5.41, 5.74) is 5.53. The van der Waals surface area contributed by atoms with Crippen LogP contribution in [0.5, 0.6) is 0 Å². The van der Waals surface area contributed by atoms with Crippen molar-refractivity contribution in [2.75, 3.05) is 0 Å². The Hall–Kier alpha value is -2.61. The van der Waals surface area contributed by atoms with Gasteiger partial charge in [0.1, 0.15) is 0 Å². The van der Waals surface area contributed by atoms with E-state index in [1.807, 2.05) is 72.9 Å². The van der Waals surface area contributed by atoms with E-state index in [4.69, 9.17) is 0 Å². The number of benzene rings is 2. The largest absolute Gasteiger partial charge is 0.305 e. The summed E-state index contributed by atoms with van der Waals surface area (Å²) in [5.74, 6) is 0. The van der Waals surface area contributed by atoms with Crippen LogP contribution in [0.2, 0.25) is 0 Å². The van der Waals surface area contributed by atoms with Gasteiger partial charge in [-0.2, -0.15) is 0 Å². The summed E-state index contributed by atoms with van der Waals surface area (Å²) < 4.78 is 0. The molecule has 4 aromatic rings. The molecule has 0 bridgehead atoms. The predicted molar refractivity (Wildman–Crippen MR) is 116 cm³/mol. The van der Waals surface area contributed by atoms with Gasteiger partial charge in [-0.25, -0.2) is 0 Å². The van der Waals surface area contributed by atoms with Crippen molar-refractivity contribution in [2.24, 2.45) is 0 Å². The molecule has 3 heteroatoms. The van der Waals surface area contributed by atoms with Crippen molar-refractivity contribution in [1.82, 2.24) is 9.97 Å². The number of hydrogen-bond acceptors (Lipinski definition) is 2. The third-order valence-electron chi connectivity index (χ3n) is 4.26. The van der Waals surface area contributed by atoms with Gasteiger partial charge in [-0.15, -0.1) is 71.3 Å². The van der Waals surface area contributed by atoms with Gasteiger partial charge >= 0.3 is 0 Å². The average Bonchev–Trinajstić information content (AvgIpc) is 2.76. The molecule has 2 aromatic carbocycles. The van der Waals surface area contributed by atoms with Crippen LogP contribution in [0.3, 0.4) is 0 Å². The van der Waals surface area contributed by atoms with Crippen LogP contribution < -0.4 is 0 Å². The van der Waals surface area contributed by atoms with Crippen molar-refractivity contribution in [2.45, 2.75) is 26.2 Å². The molecule has 29 heavy (non-hydrogen) atoms. The summed E-state index contributed by atoms with van der Waals surface area (Å²) in [6, 6.07) is 32.3. The second-order valence-electron chi connectivity index (χ2n) is 7.45. The van der Waals surface area contributed by atoms with Crippen LogP contribution >= 0.6 is 0 Å². The molecule has 0 atom stereocenters. The molecule has 0 amide bonds. The first-order valence-electron chi connectivity index (χ1n) is 9.36. The Labute approximate surface area is 187 Å². The van der Waals surface area contributed by atoms with E-state index in [9.17, 15) is 0 Å². The van der Waals surface area contributed by atoms with E-state index in [2.05, 4.69) is 55.0 Å². The van der Waals surface area contributed by atoms with Crippen molar-refractivity contribution >= 4 is 0 Å². The summed E-state index contributed by atoms with van der Waals surface area (Å²) in [7, 11) is 0. The van der Waals surface area contributed by atoms with Gasteiger partial charge in [-0.1, -0.05) is 45.0 Å². The summed E-state index contributed by atoms with van der Waals surface area (Å²) in [4.78, 5) is 8.56. The fourth-order valence-electron chi connectivity index (χ4n) is 2.68. The Bertz CT molecular complexity index is 942. The minimum absolute atomic E-state index is 0. The van der Waals surface area contributed by atoms with Crippen molar-refractivity contribution in [3.05, 3.63) is 109 Å². The topological polar surface area (TPSA) is 25.8 Å². The van der Waals surface area contributed by atoms with Crippen LogP contribution in [-0.4, -0.2) is 9.97 Å². The number of aromatic nitrogens is 2. The van der Waals surface area contributed by atoms with E-state index >= 15 is 0 Å². The van der Waals surface area contributed by atoms with Crippen LogP contribution in [0.15, 0.2) is 91.3 Å². The van der Waals surface area contributed by atoms with Crippen molar-refractivity contribution in [1.29, 1.82) is 0 Å². The Morgan fingerprint density at radius 3 is 1.76 bits per heavy atom. The normalized spacial score (nSPS) is 10.3. The first kappa shape index (κ1) is 22.7. The quantitative estimate of drug-likeness (QED) is 0.267. The molecule has 0 aliphatic heterocycles. The molecule has 2 heterocycles. The Morgan fingerprint density at radius 2 is 1.24 bits per heavy atom. The average molecular weight is 557 g/mol. The van der Waals surface area contributed by atoms with E-state index in [0.29, 0.717) is 0 Å². The Morgan fingerprint density at radius 1 is 0.655 bits per heavy atom. The zero-order chi connectivity index (χ0) is 19.8. The molecule has 1 radical (unpaired) electrons. The minimum Gasteiger partial charge on any atom is -0.305 e. The van der Waals surface area contributed by atoms with Gasteiger partial charge in [0.2, 0.25) is 0 Å². The summed E-state index contributed by atoms with van der Waals surface area (Å²) in [6.45, 7) is 6.64. The summed E-state index contributed by atoms with van der Waals surface area (Å²) in [5, 5.41) is 0. The van der Waals surface area contributed by atoms with Crippen LogP contribution in [-0.2, 0) is 25.5 Å². The van der Waals surface area contributed by atoms with Gasteiger partial charge in [0.25, 0.3) is 0 Å². The maximum absolute atomic E-state index is 4.34. The Balaban J connectivity index is 0.000000207. The minimum atomic E-state index is 0. The molecule has 149 valence electrons. The molecule has 0 saturated heterocycles. The SMILES string of the molecule is CC(C)(C)c1cc[c-]c(-c2ccccn2)c1.[Ir].[c-]1ccccc1-c1ccccn1. The van der Waals surface area contributed by atoms with E-state index in [0.717, 1.165) is 22.5 Å². The zero-order valence-corrected chi connectivity index (χ0v) is 19.3. The summed E-state index contributed by atoms with van der Waals surface area (Å²) >= 11 is 0. The maximum Gasteiger partial charge on any atom is 0.0160 e. The van der Waals surface area contributed by atoms with E-state index in [1.165, 1.54) is 5.56 Å². The van der Waals surface area contributed by atoms with Gasteiger partial charge in [0, 0.05) is 32.5 Å². The molecule has 0 fully saturated rings. The second kappa shape index (κ2) is 10.8. The molecule has 2 nitrogen and oxygen atoms in total. The first-order chi connectivity index (χ1) is 13.5. The molecular weight excluding hydrogens is 533 g/mol. The Kier molecular flexibility index (Phi) is 8.45. The number of pyridine rings is 2. The van der Waals surface area contributed by atoms with Crippen molar-refractivity contribution < 1.29 is 20.1 Å². The van der Waals surface area contributed by atoms with Gasteiger partial charge in [0.05, 0.1) is 0 Å². The molecule has 0 aliphatic rings. The molecule has 0 unspecified atom stereocenters. The third kappa shape index (κ3) is 6.74. The van der Waals surface area contributed by atoms with Gasteiger partial charge in [-0.05, 0) is 28.9 Å². The number of nitrogens with zero attached hydrogens (tertiary/aromatic N) is 2. The van der Waals surface area contributed by atoms with Crippen LogP contribution in [0.4, 0.5) is 0 Å². The van der Waals surface area contributed by atoms with Gasteiger partial charge < -0.3 is 9.97 Å². The van der Waals surface area contributed by atoms with Gasteiger partial charge in [-0.3, -0.25) is 0 Å². The third-order valence-corrected chi connectivity index (χ3v) is 4.26. The predicted octanol–water partition coefficient (Wildman–Crippen LogP) is 6.39. The fraction of sp³-hybridized carbons (Fsp3) is 0.154. The standard InChI is InChI=1S/C15H16N.C11H8N.Ir/c1-15(2,3)13-8-6-7-12(11-13)14-9-4-5-10-16-14;1-2-6-10(7-3-1)11-8-4-5-9-12-11;/h4-6,8-11H,1-3H3;1-6,8-9H;/q2*-1;. The zero-order valence-electron chi connectivity index (χ0n) is 16.9. The van der Waals surface area contributed by atoms with Crippen LogP contribution in [0.25, 0.3) is 22.5 Å². The monoisotopic (exact) mass is 557 g/mol. The van der Waals surface area contributed by atoms with E-state index in [1.54, 1.807) is 6.20 Å². The molecular formula is C26H24IrN2-2. The molecule has 0 saturated carbocycles. The van der Waals surface area contributed by atoms with Crippen LogP contribution in [0.1, 0.15) is 26.3 Å². The molecule has 2 aromatic heterocycles. The molecule has 0 N–H and O–H groups in total. The molecule has 0 spiro atoms. The van der Waals surface area contributed by atoms with Crippen molar-refractivity contribution in [3.8, 4) is 22.5 Å². The number of hydrogen-bond donors (Lipinski definition) is 0. The van der Waals surface area contributed by atoms with Gasteiger partial charge in [0.15, 0.2) is 0 Å². The molecule has 4 rings (SSSR count).